The van der Waals surface area contributed by atoms with Gasteiger partial charge in [0.2, 0.25) is 0 Å². The number of hydrogen-bond acceptors (Lipinski definition) is 15. The van der Waals surface area contributed by atoms with Crippen LogP contribution in [0.3, 0.4) is 0 Å². The van der Waals surface area contributed by atoms with E-state index in [0.717, 1.165) is 108 Å². The Morgan fingerprint density at radius 3 is 0.747 bits per heavy atom. The van der Waals surface area contributed by atoms with Crippen LogP contribution in [-0.2, 0) is 65.4 Å². The summed E-state index contributed by atoms with van der Waals surface area (Å²) in [6.45, 7) is 11.8. The summed E-state index contributed by atoms with van der Waals surface area (Å²) in [5.41, 5.74) is 0. The number of aliphatic hydroxyl groups is 1. The summed E-state index contributed by atoms with van der Waals surface area (Å²) >= 11 is 0. The van der Waals surface area contributed by atoms with Crippen molar-refractivity contribution in [2.24, 2.45) is 17.8 Å². The van der Waals surface area contributed by atoms with E-state index in [1.165, 1.54) is 173 Å². The molecule has 0 aliphatic rings. The number of rotatable bonds is 70. The molecule has 0 aromatic rings. The Balaban J connectivity index is 5.24. The summed E-state index contributed by atoms with van der Waals surface area (Å²) in [5.74, 6) is 0.133. The highest BCUT2D eigenvalue weighted by Crippen LogP contribution is 2.45. The number of phosphoric ester groups is 2. The molecule has 0 fully saturated rings. The number of unbranched alkanes of at least 4 members (excludes halogenated alkanes) is 38. The van der Waals surface area contributed by atoms with Gasteiger partial charge in [-0.1, -0.05) is 312 Å². The van der Waals surface area contributed by atoms with Gasteiger partial charge in [-0.3, -0.25) is 37.3 Å². The molecule has 19 heteroatoms. The van der Waals surface area contributed by atoms with Gasteiger partial charge in [-0.05, 0) is 43.4 Å². The molecule has 0 rings (SSSR count). The zero-order valence-electron chi connectivity index (χ0n) is 59.3. The zero-order valence-corrected chi connectivity index (χ0v) is 61.1. The molecule has 0 aliphatic carbocycles. The van der Waals surface area contributed by atoms with E-state index in [1.807, 2.05) is 0 Å². The quantitative estimate of drug-likeness (QED) is 0.0222. The molecule has 91 heavy (non-hydrogen) atoms. The van der Waals surface area contributed by atoms with Crippen LogP contribution < -0.4 is 0 Å². The first-order chi connectivity index (χ1) is 43.7. The number of hydrogen-bond donors (Lipinski definition) is 3. The number of esters is 4. The molecular weight excluding hydrogens is 1200 g/mol. The number of carbonyl (C=O) groups is 4. The maximum Gasteiger partial charge on any atom is 0.472 e. The van der Waals surface area contributed by atoms with Gasteiger partial charge in [-0.25, -0.2) is 9.13 Å². The summed E-state index contributed by atoms with van der Waals surface area (Å²) in [6, 6.07) is 0. The van der Waals surface area contributed by atoms with Gasteiger partial charge in [0.1, 0.15) is 19.3 Å². The summed E-state index contributed by atoms with van der Waals surface area (Å²) in [7, 11) is -9.90. The Kier molecular flexibility index (Phi) is 61.5. The Bertz CT molecular complexity index is 1780. The van der Waals surface area contributed by atoms with Crippen LogP contribution in [0, 0.1) is 17.8 Å². The fraction of sp³-hybridized carbons (Fsp3) is 0.944. The molecule has 0 amide bonds. The van der Waals surface area contributed by atoms with Gasteiger partial charge in [0, 0.05) is 25.7 Å². The predicted octanol–water partition coefficient (Wildman–Crippen LogP) is 20.6. The molecule has 5 atom stereocenters. The van der Waals surface area contributed by atoms with Crippen molar-refractivity contribution in [3.8, 4) is 0 Å². The second-order valence-corrected chi connectivity index (χ2v) is 30.3. The van der Waals surface area contributed by atoms with Crippen LogP contribution in [0.25, 0.3) is 0 Å². The Morgan fingerprint density at radius 1 is 0.297 bits per heavy atom. The summed E-state index contributed by atoms with van der Waals surface area (Å²) < 4.78 is 68.4. The molecule has 0 heterocycles. The number of phosphoric acid groups is 2. The number of aliphatic hydroxyl groups excluding tert-OH is 1. The summed E-state index contributed by atoms with van der Waals surface area (Å²) in [5, 5.41) is 10.6. The number of carbonyl (C=O) groups excluding carboxylic acids is 4. The van der Waals surface area contributed by atoms with Crippen molar-refractivity contribution in [3.05, 3.63) is 0 Å². The van der Waals surface area contributed by atoms with Crippen molar-refractivity contribution in [3.63, 3.8) is 0 Å². The van der Waals surface area contributed by atoms with E-state index in [1.54, 1.807) is 0 Å². The topological polar surface area (TPSA) is 237 Å². The van der Waals surface area contributed by atoms with Gasteiger partial charge >= 0.3 is 39.5 Å². The molecule has 0 aromatic carbocycles. The monoisotopic (exact) mass is 1340 g/mol. The third-order valence-electron chi connectivity index (χ3n) is 16.6. The van der Waals surface area contributed by atoms with E-state index >= 15 is 0 Å². The lowest BCUT2D eigenvalue weighted by Crippen LogP contribution is -2.30. The molecule has 0 aliphatic heterocycles. The lowest BCUT2D eigenvalue weighted by atomic mass is 10.0. The van der Waals surface area contributed by atoms with Gasteiger partial charge in [0.15, 0.2) is 12.2 Å². The summed E-state index contributed by atoms with van der Waals surface area (Å²) in [6.07, 6.45) is 47.2. The van der Waals surface area contributed by atoms with Crippen molar-refractivity contribution in [2.75, 3.05) is 39.6 Å². The molecule has 0 radical (unpaired) electrons. The van der Waals surface area contributed by atoms with Crippen molar-refractivity contribution < 1.29 is 80.2 Å². The fourth-order valence-corrected chi connectivity index (χ4v) is 12.5. The highest BCUT2D eigenvalue weighted by atomic mass is 31.2. The largest absolute Gasteiger partial charge is 0.472 e. The molecule has 540 valence electrons. The van der Waals surface area contributed by atoms with Crippen LogP contribution in [0.4, 0.5) is 0 Å². The van der Waals surface area contributed by atoms with E-state index < -0.39 is 97.5 Å². The average molecular weight is 1340 g/mol. The van der Waals surface area contributed by atoms with Crippen LogP contribution >= 0.6 is 15.6 Å². The standard InChI is InChI=1S/C72H140O17P2/c1-8-9-10-11-12-13-18-24-32-39-46-53-69(74)82-60-68(89-72(77)56-49-42-35-28-27-31-38-45-52-65(6)7)62-87-91(80,81)85-58-66(73)57-84-90(78,79)86-61-67(59-83-70(75)54-47-40-33-26-21-23-30-37-44-51-64(4)5)88-71(76)55-48-41-34-25-20-17-15-14-16-19-22-29-36-43-50-63(2)3/h63-68,73H,8-62H2,1-7H3,(H,78,79)(H,80,81)/t66-,67-,68-/m1/s1. The molecular formula is C72H140O17P2. The van der Waals surface area contributed by atoms with E-state index in [-0.39, 0.29) is 25.7 Å². The van der Waals surface area contributed by atoms with Crippen molar-refractivity contribution in [1.82, 2.24) is 0 Å². The first kappa shape index (κ1) is 89.1. The van der Waals surface area contributed by atoms with Gasteiger partial charge in [-0.15, -0.1) is 0 Å². The fourth-order valence-electron chi connectivity index (χ4n) is 10.9. The lowest BCUT2D eigenvalue weighted by molar-refractivity contribution is -0.161. The highest BCUT2D eigenvalue weighted by molar-refractivity contribution is 7.47. The maximum absolute atomic E-state index is 13.0. The van der Waals surface area contributed by atoms with Gasteiger partial charge in [0.05, 0.1) is 26.4 Å². The van der Waals surface area contributed by atoms with E-state index in [2.05, 4.69) is 48.5 Å². The normalized spacial score (nSPS) is 14.2. The molecule has 0 spiro atoms. The molecule has 3 N–H and O–H groups in total. The van der Waals surface area contributed by atoms with Gasteiger partial charge < -0.3 is 33.8 Å². The molecule has 0 bridgehead atoms. The van der Waals surface area contributed by atoms with E-state index in [0.29, 0.717) is 25.7 Å². The molecule has 0 aromatic heterocycles. The molecule has 0 saturated carbocycles. The minimum Gasteiger partial charge on any atom is -0.462 e. The smallest absolute Gasteiger partial charge is 0.462 e. The predicted molar refractivity (Wildman–Crippen MR) is 368 cm³/mol. The Hall–Kier alpha value is -1.94. The lowest BCUT2D eigenvalue weighted by Gasteiger charge is -2.21. The number of ether oxygens (including phenoxy) is 4. The van der Waals surface area contributed by atoms with E-state index in [9.17, 15) is 43.2 Å². The first-order valence-electron chi connectivity index (χ1n) is 37.3. The molecule has 17 nitrogen and oxygen atoms in total. The third-order valence-corrected chi connectivity index (χ3v) is 18.5. The third kappa shape index (κ3) is 66.5. The Morgan fingerprint density at radius 2 is 0.505 bits per heavy atom. The zero-order chi connectivity index (χ0) is 67.3. The first-order valence-corrected chi connectivity index (χ1v) is 40.3. The minimum absolute atomic E-state index is 0.104. The van der Waals surface area contributed by atoms with Crippen LogP contribution in [0.15, 0.2) is 0 Å². The second kappa shape index (κ2) is 62.8. The molecule has 0 saturated heterocycles. The van der Waals surface area contributed by atoms with Crippen molar-refractivity contribution in [1.29, 1.82) is 0 Å². The van der Waals surface area contributed by atoms with Crippen LogP contribution in [0.2, 0.25) is 0 Å². The van der Waals surface area contributed by atoms with Gasteiger partial charge in [-0.2, -0.15) is 0 Å². The second-order valence-electron chi connectivity index (χ2n) is 27.4. The minimum atomic E-state index is -4.95. The highest BCUT2D eigenvalue weighted by Gasteiger charge is 2.30. The van der Waals surface area contributed by atoms with Crippen LogP contribution in [0.5, 0.6) is 0 Å². The SMILES string of the molecule is CCCCCCCCCCCCCC(=O)OC[C@H](COP(=O)(O)OC[C@H](O)COP(=O)(O)OC[C@@H](COC(=O)CCCCCCCCCCCC(C)C)OC(=O)CCCCCCCCCCCCCCCCC(C)C)OC(=O)CCCCCCCCCCC(C)C. The van der Waals surface area contributed by atoms with Gasteiger partial charge in [0.25, 0.3) is 0 Å². The molecule has 2 unspecified atom stereocenters. The van der Waals surface area contributed by atoms with E-state index in [4.69, 9.17) is 37.0 Å². The Labute approximate surface area is 556 Å². The summed E-state index contributed by atoms with van der Waals surface area (Å²) in [4.78, 5) is 72.6. The van der Waals surface area contributed by atoms with Crippen molar-refractivity contribution in [2.45, 2.75) is 381 Å². The van der Waals surface area contributed by atoms with Crippen LogP contribution in [-0.4, -0.2) is 96.7 Å². The van der Waals surface area contributed by atoms with Crippen molar-refractivity contribution >= 4 is 39.5 Å². The maximum atomic E-state index is 13.0. The average Bonchev–Trinajstić information content (AvgIpc) is 3.72. The van der Waals surface area contributed by atoms with Crippen LogP contribution in [0.1, 0.15) is 363 Å².